The van der Waals surface area contributed by atoms with Crippen molar-refractivity contribution in [3.63, 3.8) is 0 Å². The Morgan fingerprint density at radius 3 is 2.73 bits per heavy atom. The molecule has 0 N–H and O–H groups in total. The Hall–Kier alpha value is -0.840. The summed E-state index contributed by atoms with van der Waals surface area (Å²) in [5, 5.41) is 2.70. The molecule has 0 fully saturated rings. The molecule has 0 amide bonds. The summed E-state index contributed by atoms with van der Waals surface area (Å²) >= 11 is -0.00173. The van der Waals surface area contributed by atoms with E-state index in [1.54, 1.807) is 0 Å². The molecule has 1 heterocycles. The van der Waals surface area contributed by atoms with Gasteiger partial charge in [0, 0.05) is 0 Å². The van der Waals surface area contributed by atoms with E-state index in [0.717, 1.165) is 6.54 Å². The molecular formula is C13H11NTe. The second-order valence-corrected chi connectivity index (χ2v) is 6.65. The van der Waals surface area contributed by atoms with Crippen LogP contribution in [0.2, 0.25) is 4.47 Å². The zero-order chi connectivity index (χ0) is 10.1. The Morgan fingerprint density at radius 2 is 1.87 bits per heavy atom. The van der Waals surface area contributed by atoms with Crippen LogP contribution in [0.3, 0.4) is 0 Å². The van der Waals surface area contributed by atoms with Crippen molar-refractivity contribution in [3.8, 4) is 0 Å². The van der Waals surface area contributed by atoms with Gasteiger partial charge in [0.15, 0.2) is 0 Å². The summed E-state index contributed by atoms with van der Waals surface area (Å²) in [6.07, 6.45) is 0. The fraction of sp³-hybridized carbons (Fsp3) is 0.154. The van der Waals surface area contributed by atoms with Crippen LogP contribution in [0.5, 0.6) is 0 Å². The first-order valence-corrected chi connectivity index (χ1v) is 7.92. The van der Waals surface area contributed by atoms with E-state index < -0.39 is 0 Å². The van der Waals surface area contributed by atoms with E-state index in [0.29, 0.717) is 0 Å². The number of hydrogen-bond donors (Lipinski definition) is 0. The van der Waals surface area contributed by atoms with Crippen molar-refractivity contribution >= 4 is 35.5 Å². The molecule has 0 atom stereocenters. The van der Waals surface area contributed by atoms with Crippen LogP contribution >= 0.6 is 0 Å². The van der Waals surface area contributed by atoms with Gasteiger partial charge in [0.05, 0.1) is 0 Å². The average Bonchev–Trinajstić information content (AvgIpc) is 2.82. The molecule has 2 aromatic carbocycles. The van der Waals surface area contributed by atoms with E-state index in [4.69, 9.17) is 0 Å². The molecule has 0 saturated carbocycles. The number of nitrogens with zero attached hydrogens (tertiary/aromatic N) is 1. The van der Waals surface area contributed by atoms with Crippen LogP contribution in [0.25, 0.3) is 10.8 Å². The molecule has 1 nitrogen and oxygen atoms in total. The van der Waals surface area contributed by atoms with E-state index in [1.165, 1.54) is 24.6 Å². The normalized spacial score (nSPS) is 15.6. The van der Waals surface area contributed by atoms with Crippen molar-refractivity contribution in [2.24, 2.45) is 4.99 Å². The van der Waals surface area contributed by atoms with Gasteiger partial charge in [-0.15, -0.1) is 0 Å². The van der Waals surface area contributed by atoms with E-state index in [1.807, 2.05) is 0 Å². The molecular weight excluding hydrogens is 298 g/mol. The summed E-state index contributed by atoms with van der Waals surface area (Å²) in [6, 6.07) is 15.1. The molecule has 15 heavy (non-hydrogen) atoms. The maximum atomic E-state index is 4.63. The summed E-state index contributed by atoms with van der Waals surface area (Å²) in [5.41, 5.74) is 1.38. The van der Waals surface area contributed by atoms with Gasteiger partial charge in [-0.25, -0.2) is 0 Å². The van der Waals surface area contributed by atoms with Crippen molar-refractivity contribution in [1.29, 1.82) is 0 Å². The van der Waals surface area contributed by atoms with Crippen LogP contribution in [-0.2, 0) is 0 Å². The van der Waals surface area contributed by atoms with Crippen molar-refractivity contribution in [1.82, 2.24) is 0 Å². The second kappa shape index (κ2) is 3.96. The standard InChI is InChI=1S/C13H11NTe/c1-2-6-11-10(4-1)5-3-7-12(11)13-14-8-9-15-13/h1-7H,8-9H2. The van der Waals surface area contributed by atoms with Gasteiger partial charge < -0.3 is 0 Å². The second-order valence-electron chi connectivity index (χ2n) is 3.56. The van der Waals surface area contributed by atoms with Gasteiger partial charge in [-0.3, -0.25) is 0 Å². The molecule has 0 aliphatic carbocycles. The molecule has 0 radical (unpaired) electrons. The van der Waals surface area contributed by atoms with Crippen LogP contribution in [0, 0.1) is 0 Å². The predicted octanol–water partition coefficient (Wildman–Crippen LogP) is 2.72. The van der Waals surface area contributed by atoms with Gasteiger partial charge in [-0.2, -0.15) is 0 Å². The van der Waals surface area contributed by atoms with E-state index in [-0.39, 0.29) is 20.9 Å². The minimum atomic E-state index is -0.00173. The summed E-state index contributed by atoms with van der Waals surface area (Å²) in [6.45, 7) is 1.06. The van der Waals surface area contributed by atoms with Gasteiger partial charge >= 0.3 is 99.5 Å². The third-order valence-electron chi connectivity index (χ3n) is 2.61. The van der Waals surface area contributed by atoms with Crippen LogP contribution in [0.1, 0.15) is 5.56 Å². The van der Waals surface area contributed by atoms with E-state index in [2.05, 4.69) is 47.5 Å². The molecule has 0 aromatic heterocycles. The molecule has 0 bridgehead atoms. The third-order valence-corrected chi connectivity index (χ3v) is 5.49. The molecule has 0 saturated heterocycles. The van der Waals surface area contributed by atoms with Gasteiger partial charge in [0.2, 0.25) is 0 Å². The van der Waals surface area contributed by atoms with Gasteiger partial charge in [0.1, 0.15) is 0 Å². The Bertz CT molecular complexity index is 526. The van der Waals surface area contributed by atoms with Crippen LogP contribution in [-0.4, -0.2) is 31.2 Å². The number of benzene rings is 2. The number of fused-ring (bicyclic) bond motifs is 1. The first-order chi connectivity index (χ1) is 7.45. The summed E-state index contributed by atoms with van der Waals surface area (Å²) in [4.78, 5) is 4.63. The van der Waals surface area contributed by atoms with Crippen LogP contribution in [0.15, 0.2) is 47.5 Å². The zero-order valence-electron chi connectivity index (χ0n) is 8.31. The van der Waals surface area contributed by atoms with Crippen molar-refractivity contribution in [3.05, 3.63) is 48.0 Å². The SMILES string of the molecule is c1ccc2c(C3=NCC[Te]3)cccc2c1. The van der Waals surface area contributed by atoms with Crippen LogP contribution < -0.4 is 0 Å². The minimum absolute atomic E-state index is 0.00173. The number of rotatable bonds is 1. The quantitative estimate of drug-likeness (QED) is 0.718. The molecule has 2 heteroatoms. The first kappa shape index (κ1) is 9.39. The Morgan fingerprint density at radius 1 is 1.00 bits per heavy atom. The summed E-state index contributed by atoms with van der Waals surface area (Å²) < 4.78 is 2.75. The van der Waals surface area contributed by atoms with E-state index in [9.17, 15) is 0 Å². The molecule has 2 aromatic rings. The molecule has 74 valence electrons. The van der Waals surface area contributed by atoms with Crippen molar-refractivity contribution < 1.29 is 0 Å². The van der Waals surface area contributed by atoms with Crippen LogP contribution in [0.4, 0.5) is 0 Å². The third kappa shape index (κ3) is 1.69. The number of aliphatic imine (C=N–C) groups is 1. The van der Waals surface area contributed by atoms with E-state index >= 15 is 0 Å². The number of hydrogen-bond acceptors (Lipinski definition) is 1. The molecule has 0 unspecified atom stereocenters. The molecule has 3 rings (SSSR count). The fourth-order valence-corrected chi connectivity index (χ4v) is 4.46. The molecule has 1 aliphatic heterocycles. The van der Waals surface area contributed by atoms with Crippen molar-refractivity contribution in [2.75, 3.05) is 6.54 Å². The Kier molecular flexibility index (Phi) is 2.48. The summed E-state index contributed by atoms with van der Waals surface area (Å²) in [7, 11) is 0. The predicted molar refractivity (Wildman–Crippen MR) is 65.9 cm³/mol. The van der Waals surface area contributed by atoms with Crippen molar-refractivity contribution in [2.45, 2.75) is 4.47 Å². The zero-order valence-corrected chi connectivity index (χ0v) is 10.6. The van der Waals surface area contributed by atoms with Gasteiger partial charge in [-0.05, 0) is 0 Å². The topological polar surface area (TPSA) is 12.4 Å². The first-order valence-electron chi connectivity index (χ1n) is 5.10. The average molecular weight is 309 g/mol. The maximum absolute atomic E-state index is 4.63. The molecule has 0 spiro atoms. The fourth-order valence-electron chi connectivity index (χ4n) is 1.91. The molecule has 1 aliphatic rings. The van der Waals surface area contributed by atoms with Gasteiger partial charge in [0.25, 0.3) is 0 Å². The Labute approximate surface area is 99.3 Å². The monoisotopic (exact) mass is 311 g/mol. The summed E-state index contributed by atoms with van der Waals surface area (Å²) in [5.74, 6) is 0. The van der Waals surface area contributed by atoms with Gasteiger partial charge in [-0.1, -0.05) is 0 Å². The Balaban J connectivity index is 2.26.